The van der Waals surface area contributed by atoms with E-state index in [9.17, 15) is 13.6 Å². The molecule has 0 heterocycles. The first kappa shape index (κ1) is 8.53. The van der Waals surface area contributed by atoms with E-state index in [-0.39, 0.29) is 0 Å². The predicted octanol–water partition coefficient (Wildman–Crippen LogP) is 1.78. The fourth-order valence-corrected chi connectivity index (χ4v) is 0.153. The standard InChI is InChI=1S/C6H9F2O/c1-5(2,3)6(7,8)4-9/h1-3H3. The summed E-state index contributed by atoms with van der Waals surface area (Å²) < 4.78 is 24.5. The molecule has 0 atom stereocenters. The van der Waals surface area contributed by atoms with E-state index in [1.165, 1.54) is 20.8 Å². The third-order valence-electron chi connectivity index (χ3n) is 1.07. The third kappa shape index (κ3) is 1.73. The zero-order valence-electron chi connectivity index (χ0n) is 5.66. The fraction of sp³-hybridized carbons (Fsp3) is 0.833. The van der Waals surface area contributed by atoms with Crippen LogP contribution in [-0.4, -0.2) is 12.2 Å². The Labute approximate surface area is 53.1 Å². The predicted molar refractivity (Wildman–Crippen MR) is 30.1 cm³/mol. The third-order valence-corrected chi connectivity index (χ3v) is 1.07. The van der Waals surface area contributed by atoms with Crippen molar-refractivity contribution in [2.45, 2.75) is 26.7 Å². The van der Waals surface area contributed by atoms with Gasteiger partial charge in [0.05, 0.1) is 0 Å². The molecular formula is C6H9F2O. The molecule has 53 valence electrons. The Balaban J connectivity index is 4.32. The van der Waals surface area contributed by atoms with Gasteiger partial charge in [-0.25, -0.2) is 0 Å². The number of alkyl halides is 2. The minimum Gasteiger partial charge on any atom is -0.284 e. The average Bonchev–Trinajstić information content (AvgIpc) is 1.64. The van der Waals surface area contributed by atoms with E-state index in [0.29, 0.717) is 6.29 Å². The minimum absolute atomic E-state index is 0.698. The Morgan fingerprint density at radius 1 is 1.22 bits per heavy atom. The van der Waals surface area contributed by atoms with Gasteiger partial charge in [-0.15, -0.1) is 0 Å². The fourth-order valence-electron chi connectivity index (χ4n) is 0.153. The summed E-state index contributed by atoms with van der Waals surface area (Å²) in [6, 6.07) is 0. The van der Waals surface area contributed by atoms with Gasteiger partial charge in [-0.2, -0.15) is 8.78 Å². The molecule has 0 fully saturated rings. The van der Waals surface area contributed by atoms with Crippen molar-refractivity contribution in [3.63, 3.8) is 0 Å². The van der Waals surface area contributed by atoms with Crippen molar-refractivity contribution in [1.29, 1.82) is 0 Å². The maximum Gasteiger partial charge on any atom is 0.317 e. The Morgan fingerprint density at radius 2 is 1.56 bits per heavy atom. The van der Waals surface area contributed by atoms with E-state index in [2.05, 4.69) is 0 Å². The molecule has 0 aliphatic heterocycles. The molecule has 0 spiro atoms. The monoisotopic (exact) mass is 135 g/mol. The zero-order chi connectivity index (χ0) is 7.71. The molecule has 0 unspecified atom stereocenters. The lowest BCUT2D eigenvalue weighted by Gasteiger charge is -2.23. The summed E-state index contributed by atoms with van der Waals surface area (Å²) in [5, 5.41) is 0. The molecule has 0 aromatic heterocycles. The lowest BCUT2D eigenvalue weighted by atomic mass is 9.89. The number of hydrogen-bond donors (Lipinski definition) is 0. The number of hydrogen-bond acceptors (Lipinski definition) is 1. The Morgan fingerprint density at radius 3 is 1.56 bits per heavy atom. The molecule has 0 N–H and O–H groups in total. The van der Waals surface area contributed by atoms with Crippen LogP contribution in [0, 0.1) is 5.41 Å². The van der Waals surface area contributed by atoms with Crippen LogP contribution in [0.1, 0.15) is 20.8 Å². The molecular weight excluding hydrogens is 126 g/mol. The SMILES string of the molecule is CC(C)(C)C(F)(F)[C]=O. The molecule has 0 aromatic rings. The van der Waals surface area contributed by atoms with Gasteiger partial charge in [0, 0.05) is 5.41 Å². The summed E-state index contributed by atoms with van der Waals surface area (Å²) in [6.07, 6.45) is 0.698. The molecule has 0 saturated carbocycles. The van der Waals surface area contributed by atoms with Crippen LogP contribution in [0.3, 0.4) is 0 Å². The lowest BCUT2D eigenvalue weighted by Crippen LogP contribution is -2.35. The smallest absolute Gasteiger partial charge is 0.284 e. The van der Waals surface area contributed by atoms with Gasteiger partial charge in [0.25, 0.3) is 6.29 Å². The highest BCUT2D eigenvalue weighted by Gasteiger charge is 2.43. The summed E-state index contributed by atoms with van der Waals surface area (Å²) in [6.45, 7) is 3.87. The summed E-state index contributed by atoms with van der Waals surface area (Å²) in [5.74, 6) is -3.33. The highest BCUT2D eigenvalue weighted by Crippen LogP contribution is 2.33. The van der Waals surface area contributed by atoms with Gasteiger partial charge in [0.1, 0.15) is 0 Å². The molecule has 0 bridgehead atoms. The number of halogens is 2. The second-order valence-corrected chi connectivity index (χ2v) is 2.93. The van der Waals surface area contributed by atoms with Crippen LogP contribution < -0.4 is 0 Å². The quantitative estimate of drug-likeness (QED) is 0.535. The lowest BCUT2D eigenvalue weighted by molar-refractivity contribution is -0.0314. The van der Waals surface area contributed by atoms with Gasteiger partial charge in [0.15, 0.2) is 0 Å². The Bertz CT molecular complexity index is 113. The van der Waals surface area contributed by atoms with Crippen LogP contribution in [-0.2, 0) is 4.79 Å². The minimum atomic E-state index is -3.33. The van der Waals surface area contributed by atoms with Crippen molar-refractivity contribution in [3.05, 3.63) is 0 Å². The van der Waals surface area contributed by atoms with Crippen LogP contribution in [0.15, 0.2) is 0 Å². The Kier molecular flexibility index (Phi) is 1.94. The van der Waals surface area contributed by atoms with Crippen LogP contribution in [0.25, 0.3) is 0 Å². The molecule has 0 aliphatic rings. The number of carbonyl (C=O) groups excluding carboxylic acids is 1. The largest absolute Gasteiger partial charge is 0.317 e. The second-order valence-electron chi connectivity index (χ2n) is 2.93. The van der Waals surface area contributed by atoms with Crippen LogP contribution in [0.4, 0.5) is 8.78 Å². The van der Waals surface area contributed by atoms with E-state index in [0.717, 1.165) is 0 Å². The molecule has 0 saturated heterocycles. The van der Waals surface area contributed by atoms with Gasteiger partial charge in [-0.05, 0) is 0 Å². The van der Waals surface area contributed by atoms with Crippen molar-refractivity contribution < 1.29 is 13.6 Å². The molecule has 0 aliphatic carbocycles. The van der Waals surface area contributed by atoms with E-state index >= 15 is 0 Å². The first-order valence-corrected chi connectivity index (χ1v) is 2.58. The van der Waals surface area contributed by atoms with Crippen molar-refractivity contribution in [2.75, 3.05) is 0 Å². The number of rotatable bonds is 1. The first-order valence-electron chi connectivity index (χ1n) is 2.58. The van der Waals surface area contributed by atoms with Gasteiger partial charge in [0.2, 0.25) is 0 Å². The molecule has 3 heteroatoms. The topological polar surface area (TPSA) is 17.1 Å². The van der Waals surface area contributed by atoms with Crippen molar-refractivity contribution in [1.82, 2.24) is 0 Å². The van der Waals surface area contributed by atoms with Crippen LogP contribution in [0.5, 0.6) is 0 Å². The van der Waals surface area contributed by atoms with Crippen molar-refractivity contribution in [2.24, 2.45) is 5.41 Å². The van der Waals surface area contributed by atoms with E-state index < -0.39 is 11.3 Å². The van der Waals surface area contributed by atoms with E-state index in [1.807, 2.05) is 0 Å². The first-order chi connectivity index (χ1) is 3.81. The molecule has 9 heavy (non-hydrogen) atoms. The van der Waals surface area contributed by atoms with Gasteiger partial charge >= 0.3 is 5.92 Å². The molecule has 1 nitrogen and oxygen atoms in total. The normalized spacial score (nSPS) is 13.4. The van der Waals surface area contributed by atoms with Crippen molar-refractivity contribution in [3.8, 4) is 0 Å². The zero-order valence-corrected chi connectivity index (χ0v) is 5.66. The molecule has 1 radical (unpaired) electrons. The molecule has 0 rings (SSSR count). The summed E-state index contributed by atoms with van der Waals surface area (Å²) in [4.78, 5) is 9.60. The average molecular weight is 135 g/mol. The van der Waals surface area contributed by atoms with Crippen LogP contribution in [0.2, 0.25) is 0 Å². The molecule has 0 aromatic carbocycles. The maximum absolute atomic E-state index is 12.2. The highest BCUT2D eigenvalue weighted by molar-refractivity contribution is 5.61. The second kappa shape index (κ2) is 2.05. The van der Waals surface area contributed by atoms with Crippen LogP contribution >= 0.6 is 0 Å². The van der Waals surface area contributed by atoms with Gasteiger partial charge < -0.3 is 0 Å². The van der Waals surface area contributed by atoms with Gasteiger partial charge in [-0.3, -0.25) is 4.79 Å². The maximum atomic E-state index is 12.2. The summed E-state index contributed by atoms with van der Waals surface area (Å²) in [7, 11) is 0. The van der Waals surface area contributed by atoms with E-state index in [1.54, 1.807) is 0 Å². The van der Waals surface area contributed by atoms with E-state index in [4.69, 9.17) is 0 Å². The highest BCUT2D eigenvalue weighted by atomic mass is 19.3. The van der Waals surface area contributed by atoms with Crippen molar-refractivity contribution >= 4 is 6.29 Å². The summed E-state index contributed by atoms with van der Waals surface area (Å²) in [5.41, 5.74) is -1.31. The van der Waals surface area contributed by atoms with Gasteiger partial charge in [-0.1, -0.05) is 20.8 Å². The molecule has 0 amide bonds. The summed E-state index contributed by atoms with van der Waals surface area (Å²) >= 11 is 0. The Hall–Kier alpha value is -0.470.